The van der Waals surface area contributed by atoms with Crippen LogP contribution in [-0.4, -0.2) is 63.7 Å². The van der Waals surface area contributed by atoms with E-state index < -0.39 is 57.9 Å². The number of aromatic nitrogens is 1. The molecule has 2 aliphatic heterocycles. The molecule has 0 unspecified atom stereocenters. The number of nitrogens with zero attached hydrogens (tertiary/aromatic N) is 4. The van der Waals surface area contributed by atoms with Crippen molar-refractivity contribution in [1.82, 2.24) is 14.8 Å². The van der Waals surface area contributed by atoms with Gasteiger partial charge >= 0.3 is 12.4 Å². The lowest BCUT2D eigenvalue weighted by Crippen LogP contribution is -2.68. The fraction of sp³-hybridized carbons (Fsp3) is 0.462. The molecule has 0 aliphatic carbocycles. The lowest BCUT2D eigenvalue weighted by molar-refractivity contribution is -0.160. The van der Waals surface area contributed by atoms with Gasteiger partial charge in [-0.1, -0.05) is 37.6 Å². The summed E-state index contributed by atoms with van der Waals surface area (Å²) >= 11 is 0. The first kappa shape index (κ1) is 39.3. The van der Waals surface area contributed by atoms with E-state index in [2.05, 4.69) is 11.1 Å². The van der Waals surface area contributed by atoms with Gasteiger partial charge in [-0.15, -0.1) is 0 Å². The van der Waals surface area contributed by atoms with Crippen molar-refractivity contribution in [2.24, 2.45) is 0 Å². The number of nitriles is 1. The molecule has 5 rings (SSSR count). The minimum Gasteiger partial charge on any atom is -0.475 e. The topological polar surface area (TPSA) is 104 Å². The third-order valence-electron chi connectivity index (χ3n) is 10.3. The fourth-order valence-electron chi connectivity index (χ4n) is 7.61. The summed E-state index contributed by atoms with van der Waals surface area (Å²) in [5.74, 6) is -1.65. The van der Waals surface area contributed by atoms with E-state index in [0.717, 1.165) is 47.8 Å². The molecule has 2 atom stereocenters. The molecule has 8 nitrogen and oxygen atoms in total. The van der Waals surface area contributed by atoms with Crippen molar-refractivity contribution in [1.29, 1.82) is 5.26 Å². The Morgan fingerprint density at radius 2 is 1.62 bits per heavy atom. The van der Waals surface area contributed by atoms with E-state index in [1.165, 1.54) is 16.7 Å². The van der Waals surface area contributed by atoms with E-state index in [9.17, 15) is 46.0 Å². The molecule has 0 bridgehead atoms. The Hall–Kier alpha value is -4.93. The molecule has 2 fully saturated rings. The van der Waals surface area contributed by atoms with Crippen molar-refractivity contribution in [3.63, 3.8) is 0 Å². The van der Waals surface area contributed by atoms with Crippen LogP contribution in [0.2, 0.25) is 0 Å². The Bertz CT molecular complexity index is 1850. The predicted molar refractivity (Wildman–Crippen MR) is 182 cm³/mol. The van der Waals surface area contributed by atoms with Gasteiger partial charge in [0, 0.05) is 44.9 Å². The van der Waals surface area contributed by atoms with Gasteiger partial charge in [0.05, 0.1) is 34.2 Å². The van der Waals surface area contributed by atoms with Crippen LogP contribution in [0, 0.1) is 11.3 Å². The fourth-order valence-corrected chi connectivity index (χ4v) is 7.61. The molecule has 3 heterocycles. The zero-order valence-electron chi connectivity index (χ0n) is 29.4. The lowest BCUT2D eigenvalue weighted by Gasteiger charge is -2.51. The largest absolute Gasteiger partial charge is 0.475 e. The van der Waals surface area contributed by atoms with E-state index in [4.69, 9.17) is 4.74 Å². The number of aryl methyl sites for hydroxylation is 1. The van der Waals surface area contributed by atoms with Gasteiger partial charge in [-0.05, 0) is 80.5 Å². The van der Waals surface area contributed by atoms with Gasteiger partial charge in [-0.25, -0.2) is 0 Å². The average molecular weight is 743 g/mol. The highest BCUT2D eigenvalue weighted by molar-refractivity contribution is 5.97. The van der Waals surface area contributed by atoms with Crippen molar-refractivity contribution in [2.45, 2.75) is 94.6 Å². The number of hydrogen-bond acceptors (Lipinski definition) is 6. The maximum atomic E-state index is 15.0. The Labute approximate surface area is 303 Å². The molecule has 0 spiro atoms. The van der Waals surface area contributed by atoms with Crippen LogP contribution in [0.1, 0.15) is 91.4 Å². The number of benzene rings is 2. The molecule has 0 radical (unpaired) electrons. The van der Waals surface area contributed by atoms with Gasteiger partial charge in [-0.2, -0.15) is 31.6 Å². The van der Waals surface area contributed by atoms with E-state index in [0.29, 0.717) is 25.3 Å². The van der Waals surface area contributed by atoms with Crippen LogP contribution >= 0.6 is 0 Å². The third-order valence-corrected chi connectivity index (χ3v) is 10.3. The van der Waals surface area contributed by atoms with Crippen LogP contribution in [0.3, 0.4) is 0 Å². The van der Waals surface area contributed by atoms with Crippen LogP contribution in [0.15, 0.2) is 67.0 Å². The minimum absolute atomic E-state index is 0.00405. The number of carbonyl (C=O) groups is 3. The normalized spacial score (nSPS) is 20.4. The molecular weight excluding hydrogens is 702 g/mol. The van der Waals surface area contributed by atoms with Crippen LogP contribution in [-0.2, 0) is 33.8 Å². The molecule has 0 saturated carbocycles. The first-order valence-electron chi connectivity index (χ1n) is 17.5. The van der Waals surface area contributed by atoms with E-state index in [-0.39, 0.29) is 63.3 Å². The van der Waals surface area contributed by atoms with Gasteiger partial charge in [0.15, 0.2) is 0 Å². The summed E-state index contributed by atoms with van der Waals surface area (Å²) in [6, 6.07) is 13.2. The first-order chi connectivity index (χ1) is 25.1. The van der Waals surface area contributed by atoms with Crippen molar-refractivity contribution >= 4 is 17.6 Å². The number of hydrogen-bond donors (Lipinski definition) is 0. The maximum Gasteiger partial charge on any atom is 0.417 e. The molecule has 1 aromatic heterocycles. The molecule has 3 aromatic rings. The summed E-state index contributed by atoms with van der Waals surface area (Å²) in [4.78, 5) is 47.3. The monoisotopic (exact) mass is 742 g/mol. The lowest BCUT2D eigenvalue weighted by atomic mass is 9.71. The molecule has 2 saturated heterocycles. The van der Waals surface area contributed by atoms with Crippen molar-refractivity contribution in [3.05, 3.63) is 94.8 Å². The number of ether oxygens (including phenoxy) is 1. The highest BCUT2D eigenvalue weighted by atomic mass is 19.4. The standard InChI is InChI=1S/C39H40F6N4O4/c1-3-7-33-37(53-29-14-12-28(13-15-29)38(40,41)42,17-6-21-49(33)34(51)30-24-47-20-16-32(30)39(43,44)45)35(52)48-22-18-36(25-46,19-23-48)31-9-5-4-8-27(31)11-10-26(2)50/h4-5,8-9,12-16,20,24,33H,3,6-7,10-11,17-19,21-23H2,1-2H3/t33-,37+/m1/s1. The molecule has 2 aromatic carbocycles. The number of pyridine rings is 1. The van der Waals surface area contributed by atoms with Crippen molar-refractivity contribution in [2.75, 3.05) is 19.6 Å². The van der Waals surface area contributed by atoms with Gasteiger partial charge in [0.2, 0.25) is 5.60 Å². The Morgan fingerprint density at radius 3 is 2.23 bits per heavy atom. The van der Waals surface area contributed by atoms with Crippen molar-refractivity contribution in [3.8, 4) is 11.8 Å². The summed E-state index contributed by atoms with van der Waals surface area (Å²) in [5, 5.41) is 10.5. The first-order valence-corrected chi connectivity index (χ1v) is 17.5. The van der Waals surface area contributed by atoms with Crippen LogP contribution in [0.25, 0.3) is 0 Å². The van der Waals surface area contributed by atoms with Gasteiger partial charge < -0.3 is 19.3 Å². The number of rotatable bonds is 10. The Kier molecular flexibility index (Phi) is 11.5. The van der Waals surface area contributed by atoms with E-state index in [1.54, 1.807) is 6.92 Å². The average Bonchev–Trinajstić information content (AvgIpc) is 3.14. The highest BCUT2D eigenvalue weighted by Gasteiger charge is 2.56. The summed E-state index contributed by atoms with van der Waals surface area (Å²) < 4.78 is 89.0. The number of halogens is 6. The SMILES string of the molecule is CCC[C@H]1N(C(=O)c2cnccc2C(F)(F)F)CCC[C@@]1(Oc1ccc(C(F)(F)F)cc1)C(=O)N1CCC(C#N)(c2ccccc2CCC(C)=O)CC1. The van der Waals surface area contributed by atoms with E-state index >= 15 is 0 Å². The zero-order chi connectivity index (χ0) is 38.6. The molecule has 2 amide bonds. The van der Waals surface area contributed by atoms with Crippen LogP contribution < -0.4 is 4.74 Å². The maximum absolute atomic E-state index is 15.0. The highest BCUT2D eigenvalue weighted by Crippen LogP contribution is 2.43. The Morgan fingerprint density at radius 1 is 0.943 bits per heavy atom. The quantitative estimate of drug-likeness (QED) is 0.196. The van der Waals surface area contributed by atoms with Crippen LogP contribution in [0.4, 0.5) is 26.3 Å². The number of amides is 2. The predicted octanol–water partition coefficient (Wildman–Crippen LogP) is 7.95. The summed E-state index contributed by atoms with van der Waals surface area (Å²) in [6.45, 7) is 3.43. The van der Waals surface area contributed by atoms with Gasteiger partial charge in [0.1, 0.15) is 11.5 Å². The number of likely N-dealkylation sites (tertiary alicyclic amines) is 2. The molecule has 2 aliphatic rings. The second-order valence-electron chi connectivity index (χ2n) is 13.7. The second kappa shape index (κ2) is 15.6. The molecule has 282 valence electrons. The van der Waals surface area contributed by atoms with Gasteiger partial charge in [-0.3, -0.25) is 14.6 Å². The number of alkyl halides is 6. The second-order valence-corrected chi connectivity index (χ2v) is 13.7. The number of carbonyl (C=O) groups excluding carboxylic acids is 3. The minimum atomic E-state index is -4.88. The smallest absolute Gasteiger partial charge is 0.417 e. The Balaban J connectivity index is 1.54. The third kappa shape index (κ3) is 8.19. The molecular formula is C39H40F6N4O4. The molecule has 14 heteroatoms. The number of Topliss-reactive ketones (excluding diaryl/α,β-unsaturated/α-hetero) is 1. The molecule has 53 heavy (non-hydrogen) atoms. The zero-order valence-corrected chi connectivity index (χ0v) is 29.4. The van der Waals surface area contributed by atoms with E-state index in [1.807, 2.05) is 24.3 Å². The van der Waals surface area contributed by atoms with Crippen molar-refractivity contribution < 1.29 is 45.5 Å². The van der Waals surface area contributed by atoms with Crippen LogP contribution in [0.5, 0.6) is 5.75 Å². The summed E-state index contributed by atoms with van der Waals surface area (Å²) in [6.07, 6.45) is -5.91. The molecule has 0 N–H and O–H groups in total. The summed E-state index contributed by atoms with van der Waals surface area (Å²) in [7, 11) is 0. The number of piperidine rings is 2. The van der Waals surface area contributed by atoms with Gasteiger partial charge in [0.25, 0.3) is 11.8 Å². The number of ketones is 1. The summed E-state index contributed by atoms with van der Waals surface area (Å²) in [5.41, 5.74) is -4.09.